The van der Waals surface area contributed by atoms with Crippen LogP contribution in [0, 0.1) is 0 Å². The van der Waals surface area contributed by atoms with Gasteiger partial charge in [0.15, 0.2) is 0 Å². The molecule has 1 nitrogen and oxygen atoms in total. The molecule has 0 heterocycles. The Labute approximate surface area is 68.0 Å². The van der Waals surface area contributed by atoms with E-state index >= 15 is 0 Å². The van der Waals surface area contributed by atoms with Crippen molar-refractivity contribution in [3.8, 4) is 0 Å². The third-order valence-electron chi connectivity index (χ3n) is 2.04. The van der Waals surface area contributed by atoms with Gasteiger partial charge in [0.25, 0.3) is 0 Å². The molecule has 1 atom stereocenters. The number of hydrogen-bond donors (Lipinski definition) is 1. The van der Waals surface area contributed by atoms with Gasteiger partial charge in [0, 0.05) is 17.8 Å². The molecule has 0 saturated heterocycles. The molecule has 0 aromatic carbocycles. The van der Waals surface area contributed by atoms with Crippen molar-refractivity contribution in [2.24, 2.45) is 0 Å². The van der Waals surface area contributed by atoms with E-state index in [-0.39, 0.29) is 0 Å². The summed E-state index contributed by atoms with van der Waals surface area (Å²) < 4.78 is 0. The first-order valence-corrected chi connectivity index (χ1v) is 5.47. The lowest BCUT2D eigenvalue weighted by atomic mass is 9.93. The van der Waals surface area contributed by atoms with Crippen LogP contribution in [0.25, 0.3) is 0 Å². The van der Waals surface area contributed by atoms with E-state index in [1.807, 2.05) is 11.8 Å². The molecule has 0 aromatic rings. The summed E-state index contributed by atoms with van der Waals surface area (Å²) in [6.45, 7) is 2.27. The second kappa shape index (κ2) is 4.24. The molecule has 1 fully saturated rings. The van der Waals surface area contributed by atoms with Crippen molar-refractivity contribution < 1.29 is 0 Å². The van der Waals surface area contributed by atoms with Crippen LogP contribution in [0.5, 0.6) is 0 Å². The second-order valence-corrected chi connectivity index (χ2v) is 4.06. The van der Waals surface area contributed by atoms with Crippen molar-refractivity contribution in [2.45, 2.75) is 38.3 Å². The van der Waals surface area contributed by atoms with Gasteiger partial charge in [-0.1, -0.05) is 6.42 Å². The summed E-state index contributed by atoms with van der Waals surface area (Å²) in [6.07, 6.45) is 6.40. The third-order valence-corrected chi connectivity index (χ3v) is 2.88. The molecule has 1 rings (SSSR count). The van der Waals surface area contributed by atoms with E-state index in [1.54, 1.807) is 0 Å². The topological polar surface area (TPSA) is 12.0 Å². The molecule has 10 heavy (non-hydrogen) atoms. The molecule has 2 heteroatoms. The zero-order valence-corrected chi connectivity index (χ0v) is 7.71. The lowest BCUT2D eigenvalue weighted by Crippen LogP contribution is -2.41. The van der Waals surface area contributed by atoms with E-state index in [1.165, 1.54) is 25.0 Å². The smallest absolute Gasteiger partial charge is 0.0132 e. The van der Waals surface area contributed by atoms with Crippen LogP contribution < -0.4 is 5.32 Å². The summed E-state index contributed by atoms with van der Waals surface area (Å²) in [4.78, 5) is 0. The Kier molecular flexibility index (Phi) is 3.57. The highest BCUT2D eigenvalue weighted by Gasteiger charge is 2.18. The SMILES string of the molecule is CSCC(C)NC1CCC1. The molecule has 0 aliphatic heterocycles. The van der Waals surface area contributed by atoms with Crippen LogP contribution in [0.15, 0.2) is 0 Å². The van der Waals surface area contributed by atoms with Crippen LogP contribution in [0.2, 0.25) is 0 Å². The summed E-state index contributed by atoms with van der Waals surface area (Å²) in [6, 6.07) is 1.56. The van der Waals surface area contributed by atoms with Gasteiger partial charge >= 0.3 is 0 Å². The highest BCUT2D eigenvalue weighted by molar-refractivity contribution is 7.98. The zero-order valence-electron chi connectivity index (χ0n) is 6.89. The highest BCUT2D eigenvalue weighted by atomic mass is 32.2. The average Bonchev–Trinajstić information content (AvgIpc) is 1.80. The first-order chi connectivity index (χ1) is 4.83. The number of hydrogen-bond acceptors (Lipinski definition) is 2. The van der Waals surface area contributed by atoms with E-state index in [4.69, 9.17) is 0 Å². The Morgan fingerprint density at radius 2 is 2.30 bits per heavy atom. The van der Waals surface area contributed by atoms with Crippen LogP contribution in [0.1, 0.15) is 26.2 Å². The van der Waals surface area contributed by atoms with Gasteiger partial charge < -0.3 is 5.32 Å². The van der Waals surface area contributed by atoms with Crippen molar-refractivity contribution in [3.63, 3.8) is 0 Å². The molecule has 0 radical (unpaired) electrons. The molecule has 1 saturated carbocycles. The summed E-state index contributed by atoms with van der Waals surface area (Å²) in [5.41, 5.74) is 0. The Hall–Kier alpha value is 0.310. The molecule has 1 aliphatic rings. The van der Waals surface area contributed by atoms with Crippen molar-refractivity contribution in [2.75, 3.05) is 12.0 Å². The third kappa shape index (κ3) is 2.51. The molecular weight excluding hydrogens is 142 g/mol. The van der Waals surface area contributed by atoms with Crippen LogP contribution in [0.4, 0.5) is 0 Å². The molecule has 60 valence electrons. The van der Waals surface area contributed by atoms with Crippen molar-refractivity contribution in [1.82, 2.24) is 5.32 Å². The summed E-state index contributed by atoms with van der Waals surface area (Å²) in [7, 11) is 0. The molecule has 1 unspecified atom stereocenters. The van der Waals surface area contributed by atoms with E-state index < -0.39 is 0 Å². The normalized spacial score (nSPS) is 22.2. The summed E-state index contributed by atoms with van der Waals surface area (Å²) in [5.74, 6) is 1.25. The Bertz CT molecular complexity index is 91.3. The van der Waals surface area contributed by atoms with Gasteiger partial charge in [-0.25, -0.2) is 0 Å². The van der Waals surface area contributed by atoms with Crippen LogP contribution in [0.3, 0.4) is 0 Å². The molecule has 0 amide bonds. The van der Waals surface area contributed by atoms with E-state index in [2.05, 4.69) is 18.5 Å². The van der Waals surface area contributed by atoms with Crippen LogP contribution in [-0.2, 0) is 0 Å². The number of nitrogens with one attached hydrogen (secondary N) is 1. The Morgan fingerprint density at radius 1 is 1.60 bits per heavy atom. The largest absolute Gasteiger partial charge is 0.311 e. The lowest BCUT2D eigenvalue weighted by Gasteiger charge is -2.29. The maximum absolute atomic E-state index is 3.60. The first-order valence-electron chi connectivity index (χ1n) is 4.08. The summed E-state index contributed by atoms with van der Waals surface area (Å²) in [5, 5.41) is 3.60. The van der Waals surface area contributed by atoms with E-state index in [0.29, 0.717) is 6.04 Å². The molecule has 0 aromatic heterocycles. The predicted octanol–water partition coefficient (Wildman–Crippen LogP) is 1.88. The average molecular weight is 159 g/mol. The minimum Gasteiger partial charge on any atom is -0.311 e. The number of rotatable bonds is 4. The van der Waals surface area contributed by atoms with Gasteiger partial charge in [-0.05, 0) is 26.0 Å². The van der Waals surface area contributed by atoms with Gasteiger partial charge in [-0.3, -0.25) is 0 Å². The molecule has 0 spiro atoms. The maximum Gasteiger partial charge on any atom is 0.0132 e. The van der Waals surface area contributed by atoms with E-state index in [9.17, 15) is 0 Å². The van der Waals surface area contributed by atoms with Gasteiger partial charge in [0.2, 0.25) is 0 Å². The minimum absolute atomic E-state index is 0.709. The fourth-order valence-corrected chi connectivity index (χ4v) is 1.87. The van der Waals surface area contributed by atoms with E-state index in [0.717, 1.165) is 6.04 Å². The molecule has 1 N–H and O–H groups in total. The molecule has 0 bridgehead atoms. The minimum atomic E-state index is 0.709. The van der Waals surface area contributed by atoms with Gasteiger partial charge in [-0.15, -0.1) is 0 Å². The summed E-state index contributed by atoms with van der Waals surface area (Å²) >= 11 is 1.92. The Balaban J connectivity index is 1.99. The molecule has 1 aliphatic carbocycles. The second-order valence-electron chi connectivity index (χ2n) is 3.15. The van der Waals surface area contributed by atoms with Crippen molar-refractivity contribution in [3.05, 3.63) is 0 Å². The first kappa shape index (κ1) is 8.41. The fraction of sp³-hybridized carbons (Fsp3) is 1.00. The van der Waals surface area contributed by atoms with Gasteiger partial charge in [-0.2, -0.15) is 11.8 Å². The van der Waals surface area contributed by atoms with Gasteiger partial charge in [0.1, 0.15) is 0 Å². The maximum atomic E-state index is 3.60. The predicted molar refractivity (Wildman–Crippen MR) is 48.6 cm³/mol. The van der Waals surface area contributed by atoms with Crippen LogP contribution >= 0.6 is 11.8 Å². The molecular formula is C8H17NS. The van der Waals surface area contributed by atoms with Crippen molar-refractivity contribution >= 4 is 11.8 Å². The zero-order chi connectivity index (χ0) is 7.40. The highest BCUT2D eigenvalue weighted by Crippen LogP contribution is 2.18. The fourth-order valence-electron chi connectivity index (χ4n) is 1.28. The van der Waals surface area contributed by atoms with Crippen molar-refractivity contribution in [1.29, 1.82) is 0 Å². The standard InChI is InChI=1S/C8H17NS/c1-7(6-10-2)9-8-4-3-5-8/h7-9H,3-6H2,1-2H3. The Morgan fingerprint density at radius 3 is 2.70 bits per heavy atom. The monoisotopic (exact) mass is 159 g/mol. The lowest BCUT2D eigenvalue weighted by molar-refractivity contribution is 0.320. The van der Waals surface area contributed by atoms with Crippen LogP contribution in [-0.4, -0.2) is 24.1 Å². The van der Waals surface area contributed by atoms with Gasteiger partial charge in [0.05, 0.1) is 0 Å². The quantitative estimate of drug-likeness (QED) is 0.672. The number of thioether (sulfide) groups is 1.